The second-order valence-corrected chi connectivity index (χ2v) is 10.9. The lowest BCUT2D eigenvalue weighted by molar-refractivity contribution is -0.0207. The molecule has 1 saturated heterocycles. The second kappa shape index (κ2) is 12.7. The molecule has 1 aliphatic heterocycles. The molecule has 0 unspecified atom stereocenters. The fourth-order valence-corrected chi connectivity index (χ4v) is 4.38. The summed E-state index contributed by atoms with van der Waals surface area (Å²) in [5.74, 6) is 0.775. The number of aliphatic hydroxyl groups is 1. The number of anilines is 1. The Labute approximate surface area is 241 Å². The Morgan fingerprint density at radius 3 is 2.83 bits per heavy atom. The van der Waals surface area contributed by atoms with Crippen LogP contribution in [0.1, 0.15) is 56.7 Å². The molecule has 40 heavy (non-hydrogen) atoms. The molecule has 3 N–H and O–H groups in total. The van der Waals surface area contributed by atoms with Crippen LogP contribution in [0.4, 0.5) is 5.69 Å². The molecule has 0 bridgehead atoms. The second-order valence-electron chi connectivity index (χ2n) is 10.0. The lowest BCUT2D eigenvalue weighted by atomic mass is 10.2. The highest BCUT2D eigenvalue weighted by atomic mass is 35.5. The van der Waals surface area contributed by atoms with E-state index in [4.69, 9.17) is 42.9 Å². The first-order valence-corrected chi connectivity index (χ1v) is 13.4. The molecule has 0 spiro atoms. The predicted octanol–water partition coefficient (Wildman–Crippen LogP) is 4.97. The van der Waals surface area contributed by atoms with E-state index >= 15 is 0 Å². The van der Waals surface area contributed by atoms with Crippen molar-refractivity contribution in [1.82, 2.24) is 19.5 Å². The van der Waals surface area contributed by atoms with Crippen LogP contribution >= 0.6 is 23.8 Å². The lowest BCUT2D eigenvalue weighted by Gasteiger charge is -2.15. The first-order chi connectivity index (χ1) is 19.1. The van der Waals surface area contributed by atoms with Crippen molar-refractivity contribution >= 4 is 51.9 Å². The van der Waals surface area contributed by atoms with Crippen molar-refractivity contribution in [1.29, 1.82) is 0 Å². The first kappa shape index (κ1) is 29.4. The van der Waals surface area contributed by atoms with E-state index in [1.54, 1.807) is 29.4 Å². The first-order valence-electron chi connectivity index (χ1n) is 12.6. The zero-order valence-corrected chi connectivity index (χ0v) is 24.1. The highest BCUT2D eigenvalue weighted by molar-refractivity contribution is 7.81. The molecule has 5 rings (SSSR count). The van der Waals surface area contributed by atoms with E-state index in [0.29, 0.717) is 21.2 Å². The lowest BCUT2D eigenvalue weighted by Crippen LogP contribution is -2.15. The number of fused-ring (bicyclic) bond motifs is 1. The van der Waals surface area contributed by atoms with Crippen LogP contribution in [0.2, 0.25) is 5.02 Å². The Morgan fingerprint density at radius 1 is 1.35 bits per heavy atom. The molecule has 212 valence electrons. The Bertz CT molecular complexity index is 1560. The predicted molar refractivity (Wildman–Crippen MR) is 157 cm³/mol. The van der Waals surface area contributed by atoms with Gasteiger partial charge in [-0.1, -0.05) is 29.0 Å². The molecule has 4 aromatic rings. The van der Waals surface area contributed by atoms with Crippen LogP contribution in [-0.4, -0.2) is 54.1 Å². The number of aryl methyl sites for hydroxylation is 1. The fourth-order valence-electron chi connectivity index (χ4n) is 3.88. The van der Waals surface area contributed by atoms with Gasteiger partial charge in [-0.05, 0) is 64.8 Å². The number of H-pyrrole nitrogens is 1. The van der Waals surface area contributed by atoms with Gasteiger partial charge in [-0.3, -0.25) is 9.36 Å². The van der Waals surface area contributed by atoms with Gasteiger partial charge in [-0.2, -0.15) is 0 Å². The van der Waals surface area contributed by atoms with Gasteiger partial charge < -0.3 is 29.4 Å². The molecule has 2 atom stereocenters. The van der Waals surface area contributed by atoms with Gasteiger partial charge in [0.2, 0.25) is 0 Å². The molecule has 0 amide bonds. The maximum absolute atomic E-state index is 11.5. The summed E-state index contributed by atoms with van der Waals surface area (Å²) in [4.78, 5) is 28.0. The molecule has 0 radical (unpaired) electrons. The number of benzene rings is 1. The summed E-state index contributed by atoms with van der Waals surface area (Å²) in [6.07, 6.45) is 7.34. The fraction of sp³-hybridized carbons (Fsp3) is 0.370. The summed E-state index contributed by atoms with van der Waals surface area (Å²) < 4.78 is 12.6. The van der Waals surface area contributed by atoms with Crippen LogP contribution in [-0.2, 0) is 9.57 Å². The van der Waals surface area contributed by atoms with Crippen LogP contribution in [0.5, 0.6) is 0 Å². The minimum atomic E-state index is -0.348. The van der Waals surface area contributed by atoms with Crippen molar-refractivity contribution in [2.24, 2.45) is 5.16 Å². The number of hydrogen-bond donors (Lipinski definition) is 3. The number of aromatic nitrogens is 4. The molecular formula is C27H31ClN6O5S. The highest BCUT2D eigenvalue weighted by Crippen LogP contribution is 2.29. The minimum Gasteiger partial charge on any atom is -0.469 e. The van der Waals surface area contributed by atoms with E-state index in [0.717, 1.165) is 35.4 Å². The van der Waals surface area contributed by atoms with Crippen molar-refractivity contribution in [2.45, 2.75) is 58.5 Å². The van der Waals surface area contributed by atoms with Crippen LogP contribution in [0, 0.1) is 6.92 Å². The number of hydrogen-bond acceptors (Lipinski definition) is 9. The van der Waals surface area contributed by atoms with Crippen molar-refractivity contribution in [3.05, 3.63) is 75.4 Å². The molecule has 0 saturated carbocycles. The average molecular weight is 587 g/mol. The Morgan fingerprint density at radius 2 is 2.15 bits per heavy atom. The Hall–Kier alpha value is -3.58. The van der Waals surface area contributed by atoms with E-state index in [9.17, 15) is 4.79 Å². The van der Waals surface area contributed by atoms with Crippen LogP contribution in [0.3, 0.4) is 0 Å². The van der Waals surface area contributed by atoms with E-state index in [1.165, 1.54) is 6.33 Å². The summed E-state index contributed by atoms with van der Waals surface area (Å²) in [6, 6.07) is 7.33. The molecule has 1 fully saturated rings. The third kappa shape index (κ3) is 7.33. The Kier molecular flexibility index (Phi) is 9.36. The van der Waals surface area contributed by atoms with Crippen LogP contribution < -0.4 is 10.9 Å². The van der Waals surface area contributed by atoms with E-state index < -0.39 is 0 Å². The maximum atomic E-state index is 11.5. The monoisotopic (exact) mass is 586 g/mol. The summed E-state index contributed by atoms with van der Waals surface area (Å²) in [5.41, 5.74) is 2.64. The van der Waals surface area contributed by atoms with Gasteiger partial charge in [-0.25, -0.2) is 9.97 Å². The molecule has 0 aliphatic carbocycles. The number of oxime groups is 1. The smallest absolute Gasteiger partial charge is 0.278 e. The minimum absolute atomic E-state index is 0.0111. The normalized spacial score (nSPS) is 17.1. The van der Waals surface area contributed by atoms with E-state index in [-0.39, 0.29) is 30.1 Å². The van der Waals surface area contributed by atoms with Crippen molar-refractivity contribution in [3.63, 3.8) is 0 Å². The average Bonchev–Trinajstić information content (AvgIpc) is 3.65. The number of nitrogens with zero attached hydrogens (tertiary/aromatic N) is 4. The van der Waals surface area contributed by atoms with Crippen molar-refractivity contribution in [2.75, 3.05) is 11.9 Å². The van der Waals surface area contributed by atoms with E-state index in [1.807, 2.05) is 45.9 Å². The van der Waals surface area contributed by atoms with Crippen molar-refractivity contribution in [3.8, 4) is 0 Å². The van der Waals surface area contributed by atoms with Crippen molar-refractivity contribution < 1.29 is 19.1 Å². The number of aliphatic hydroxyl groups excluding tert-OH is 1. The topological polar surface area (TPSA) is 140 Å². The number of halogens is 1. The third-order valence-electron chi connectivity index (χ3n) is 5.84. The zero-order valence-electron chi connectivity index (χ0n) is 22.6. The molecular weight excluding hydrogens is 556 g/mol. The van der Waals surface area contributed by atoms with Gasteiger partial charge in [0.1, 0.15) is 22.6 Å². The zero-order chi connectivity index (χ0) is 28.9. The number of imidazole rings is 1. The molecule has 3 aromatic heterocycles. The molecule has 13 heteroatoms. The number of thiocarbonyl (C=S) groups is 1. The van der Waals surface area contributed by atoms with Gasteiger partial charge in [0.05, 0.1) is 43.4 Å². The summed E-state index contributed by atoms with van der Waals surface area (Å²) in [5, 5.41) is 16.7. The maximum Gasteiger partial charge on any atom is 0.278 e. The number of rotatable bonds is 6. The van der Waals surface area contributed by atoms with Gasteiger partial charge >= 0.3 is 0 Å². The Balaban J connectivity index is 0.000000192. The summed E-state index contributed by atoms with van der Waals surface area (Å²) in [6.45, 7) is 7.66. The number of ether oxygens (including phenoxy) is 1. The van der Waals surface area contributed by atoms with Gasteiger partial charge in [0, 0.05) is 16.3 Å². The van der Waals surface area contributed by atoms with E-state index in [2.05, 4.69) is 25.4 Å². The summed E-state index contributed by atoms with van der Waals surface area (Å²) in [7, 11) is 0. The molecule has 1 aromatic carbocycles. The van der Waals surface area contributed by atoms with Gasteiger partial charge in [0.25, 0.3) is 5.56 Å². The summed E-state index contributed by atoms with van der Waals surface area (Å²) >= 11 is 11.6. The largest absolute Gasteiger partial charge is 0.469 e. The van der Waals surface area contributed by atoms with Gasteiger partial charge in [-0.15, -0.1) is 0 Å². The van der Waals surface area contributed by atoms with Crippen LogP contribution in [0.25, 0.3) is 11.2 Å². The number of aromatic amines is 1. The standard InChI is InChI=1S/C17H19ClN2O2S.C10H12N4O3/c1-11-14(7-8-21-11)16(23)20-13-5-6-15(18)12(9-13)10-19-22-17(2,3)4;15-3-6-1-2-7(17-6)14-5-13-8-9(14)11-4-12-10(8)16/h5-10H,1-4H3,(H,20,23);4-7,15H,1-3H2,(H,11,12,16)/b19-10+;/t;6-,7+/m.0/s1. The number of nitrogens with one attached hydrogen (secondary N) is 2. The van der Waals surface area contributed by atoms with Crippen LogP contribution in [0.15, 0.2) is 57.6 Å². The molecule has 4 heterocycles. The van der Waals surface area contributed by atoms with Gasteiger partial charge in [0.15, 0.2) is 11.2 Å². The number of furan rings is 1. The third-order valence-corrected chi connectivity index (χ3v) is 6.51. The quantitative estimate of drug-likeness (QED) is 0.162. The molecule has 1 aliphatic rings. The highest BCUT2D eigenvalue weighted by Gasteiger charge is 2.27. The SMILES string of the molecule is Cc1occc1C(=S)Nc1ccc(Cl)c(/C=N/OC(C)(C)C)c1.O=c1[nH]cnc2c1ncn2[C@H]1CC[C@@H](CO)O1. The molecule has 11 nitrogen and oxygen atoms in total.